The van der Waals surface area contributed by atoms with Crippen LogP contribution >= 0.6 is 0 Å². The van der Waals surface area contributed by atoms with Gasteiger partial charge in [-0.2, -0.15) is 0 Å². The highest BCUT2D eigenvalue weighted by molar-refractivity contribution is 4.89. The molecule has 19 heavy (non-hydrogen) atoms. The summed E-state index contributed by atoms with van der Waals surface area (Å²) in [5, 5.41) is 64.7. The molecule has 9 heteroatoms. The topological polar surface area (TPSA) is 160 Å². The van der Waals surface area contributed by atoms with E-state index >= 15 is 0 Å². The third-order valence-corrected chi connectivity index (χ3v) is 2.95. The van der Waals surface area contributed by atoms with Crippen molar-refractivity contribution in [1.82, 2.24) is 0 Å². The van der Waals surface area contributed by atoms with Crippen LogP contribution in [0.2, 0.25) is 0 Å². The number of rotatable bonds is 6. The summed E-state index contributed by atoms with van der Waals surface area (Å²) >= 11 is 0. The number of aliphatic hydroxyl groups is 7. The third-order valence-electron chi connectivity index (χ3n) is 2.95. The van der Waals surface area contributed by atoms with E-state index in [-0.39, 0.29) is 0 Å². The number of hydrogen-bond donors (Lipinski definition) is 7. The van der Waals surface area contributed by atoms with Crippen LogP contribution in [0.4, 0.5) is 0 Å². The van der Waals surface area contributed by atoms with Crippen LogP contribution in [0.25, 0.3) is 0 Å². The standard InChI is InChI=1S/C10H20O9/c11-1-4(14)5(2-12)18-10-9(17)8(16)7(15)6(3-13)19-10/h4-17H,1-3H2/t4-,5-,6+,7+,8-,9+,10+/m0/s1. The van der Waals surface area contributed by atoms with Crippen LogP contribution in [0, 0.1) is 0 Å². The Kier molecular flexibility index (Phi) is 6.53. The van der Waals surface area contributed by atoms with Crippen molar-refractivity contribution >= 4 is 0 Å². The first-order chi connectivity index (χ1) is 8.96. The molecule has 0 spiro atoms. The molecule has 1 aliphatic rings. The van der Waals surface area contributed by atoms with Crippen LogP contribution in [-0.2, 0) is 9.47 Å². The molecular weight excluding hydrogens is 264 g/mol. The second kappa shape index (κ2) is 7.43. The van der Waals surface area contributed by atoms with Crippen LogP contribution in [0.15, 0.2) is 0 Å². The zero-order valence-electron chi connectivity index (χ0n) is 10.1. The normalized spacial score (nSPS) is 39.0. The van der Waals surface area contributed by atoms with Crippen molar-refractivity contribution in [2.75, 3.05) is 19.8 Å². The quantitative estimate of drug-likeness (QED) is 0.255. The minimum absolute atomic E-state index is 0.614. The van der Waals surface area contributed by atoms with Gasteiger partial charge in [-0.05, 0) is 0 Å². The maximum absolute atomic E-state index is 9.65. The highest BCUT2D eigenvalue weighted by Gasteiger charge is 2.45. The molecule has 0 unspecified atom stereocenters. The van der Waals surface area contributed by atoms with Gasteiger partial charge in [0, 0.05) is 0 Å². The van der Waals surface area contributed by atoms with Crippen LogP contribution in [-0.4, -0.2) is 98.5 Å². The Balaban J connectivity index is 2.70. The average Bonchev–Trinajstić information content (AvgIpc) is 2.43. The van der Waals surface area contributed by atoms with Crippen LogP contribution in [0.3, 0.4) is 0 Å². The summed E-state index contributed by atoms with van der Waals surface area (Å²) in [6.07, 6.45) is -10.0. The Morgan fingerprint density at radius 1 is 0.947 bits per heavy atom. The van der Waals surface area contributed by atoms with E-state index < -0.39 is 62.7 Å². The molecular formula is C10H20O9. The van der Waals surface area contributed by atoms with Crippen molar-refractivity contribution in [2.24, 2.45) is 0 Å². The van der Waals surface area contributed by atoms with Crippen molar-refractivity contribution in [3.8, 4) is 0 Å². The number of ether oxygens (including phenoxy) is 2. The Bertz CT molecular complexity index is 261. The highest BCUT2D eigenvalue weighted by atomic mass is 16.7. The monoisotopic (exact) mass is 284 g/mol. The molecule has 114 valence electrons. The Morgan fingerprint density at radius 2 is 1.58 bits per heavy atom. The van der Waals surface area contributed by atoms with E-state index in [1.807, 2.05) is 0 Å². The lowest BCUT2D eigenvalue weighted by Crippen LogP contribution is -2.60. The van der Waals surface area contributed by atoms with E-state index in [0.29, 0.717) is 0 Å². The summed E-state index contributed by atoms with van der Waals surface area (Å²) in [7, 11) is 0. The smallest absolute Gasteiger partial charge is 0.187 e. The molecule has 1 fully saturated rings. The van der Waals surface area contributed by atoms with Crippen LogP contribution in [0.1, 0.15) is 0 Å². The molecule has 0 amide bonds. The van der Waals surface area contributed by atoms with Gasteiger partial charge >= 0.3 is 0 Å². The van der Waals surface area contributed by atoms with Crippen molar-refractivity contribution in [2.45, 2.75) is 42.9 Å². The summed E-state index contributed by atoms with van der Waals surface area (Å²) in [6, 6.07) is 0. The largest absolute Gasteiger partial charge is 0.394 e. The van der Waals surface area contributed by atoms with Gasteiger partial charge in [0.15, 0.2) is 6.29 Å². The lowest BCUT2D eigenvalue weighted by atomic mass is 9.99. The van der Waals surface area contributed by atoms with Gasteiger partial charge in [0.05, 0.1) is 19.8 Å². The lowest BCUT2D eigenvalue weighted by Gasteiger charge is -2.41. The van der Waals surface area contributed by atoms with Crippen molar-refractivity contribution in [3.05, 3.63) is 0 Å². The Morgan fingerprint density at radius 3 is 2.05 bits per heavy atom. The molecule has 0 aliphatic carbocycles. The predicted octanol–water partition coefficient (Wildman–Crippen LogP) is -4.48. The fourth-order valence-electron chi connectivity index (χ4n) is 1.73. The molecule has 0 aromatic rings. The SMILES string of the molecule is OC[C@H](O[C@@H]1O[C@H](CO)[C@@H](O)[C@H](O)[C@H]1O)[C@@H](O)CO. The minimum Gasteiger partial charge on any atom is -0.394 e. The van der Waals surface area contributed by atoms with Gasteiger partial charge < -0.3 is 45.2 Å². The summed E-state index contributed by atoms with van der Waals surface area (Å²) in [6.45, 7) is -1.95. The van der Waals surface area contributed by atoms with Crippen LogP contribution in [0.5, 0.6) is 0 Å². The van der Waals surface area contributed by atoms with E-state index in [2.05, 4.69) is 0 Å². The van der Waals surface area contributed by atoms with Gasteiger partial charge in [0.2, 0.25) is 0 Å². The van der Waals surface area contributed by atoms with Crippen molar-refractivity contribution < 1.29 is 45.2 Å². The molecule has 0 aromatic heterocycles. The average molecular weight is 284 g/mol. The Labute approximate surface area is 109 Å². The van der Waals surface area contributed by atoms with E-state index in [9.17, 15) is 20.4 Å². The molecule has 0 radical (unpaired) electrons. The van der Waals surface area contributed by atoms with Gasteiger partial charge in [0.1, 0.15) is 36.6 Å². The highest BCUT2D eigenvalue weighted by Crippen LogP contribution is 2.23. The van der Waals surface area contributed by atoms with Crippen molar-refractivity contribution in [1.29, 1.82) is 0 Å². The summed E-state index contributed by atoms with van der Waals surface area (Å²) in [4.78, 5) is 0. The van der Waals surface area contributed by atoms with Crippen molar-refractivity contribution in [3.63, 3.8) is 0 Å². The Hall–Kier alpha value is -0.360. The molecule has 7 atom stereocenters. The minimum atomic E-state index is -1.63. The first-order valence-corrected chi connectivity index (χ1v) is 5.82. The van der Waals surface area contributed by atoms with Gasteiger partial charge in [-0.1, -0.05) is 0 Å². The molecule has 0 saturated carbocycles. The van der Waals surface area contributed by atoms with E-state index in [0.717, 1.165) is 0 Å². The van der Waals surface area contributed by atoms with Gasteiger partial charge in [0.25, 0.3) is 0 Å². The molecule has 0 bridgehead atoms. The molecule has 9 nitrogen and oxygen atoms in total. The first-order valence-electron chi connectivity index (χ1n) is 5.82. The maximum Gasteiger partial charge on any atom is 0.187 e. The third kappa shape index (κ3) is 3.81. The maximum atomic E-state index is 9.65. The van der Waals surface area contributed by atoms with Gasteiger partial charge in [-0.15, -0.1) is 0 Å². The molecule has 1 saturated heterocycles. The zero-order valence-corrected chi connectivity index (χ0v) is 10.1. The fraction of sp³-hybridized carbons (Fsp3) is 1.00. The van der Waals surface area contributed by atoms with E-state index in [1.54, 1.807) is 0 Å². The molecule has 1 rings (SSSR count). The second-order valence-electron chi connectivity index (χ2n) is 4.30. The van der Waals surface area contributed by atoms with E-state index in [1.165, 1.54) is 0 Å². The zero-order chi connectivity index (χ0) is 14.6. The first kappa shape index (κ1) is 16.7. The molecule has 0 aromatic carbocycles. The van der Waals surface area contributed by atoms with E-state index in [4.69, 9.17) is 24.8 Å². The molecule has 1 aliphatic heterocycles. The number of hydrogen-bond acceptors (Lipinski definition) is 9. The predicted molar refractivity (Wildman–Crippen MR) is 58.8 cm³/mol. The molecule has 7 N–H and O–H groups in total. The molecule has 1 heterocycles. The van der Waals surface area contributed by atoms with Gasteiger partial charge in [-0.3, -0.25) is 0 Å². The fourth-order valence-corrected chi connectivity index (χ4v) is 1.73. The van der Waals surface area contributed by atoms with Crippen LogP contribution < -0.4 is 0 Å². The number of aliphatic hydroxyl groups excluding tert-OH is 7. The summed E-state index contributed by atoms with van der Waals surface area (Å²) in [5.41, 5.74) is 0. The summed E-state index contributed by atoms with van der Waals surface area (Å²) in [5.74, 6) is 0. The second-order valence-corrected chi connectivity index (χ2v) is 4.30. The lowest BCUT2D eigenvalue weighted by molar-refractivity contribution is -0.319. The summed E-state index contributed by atoms with van der Waals surface area (Å²) < 4.78 is 10.1. The van der Waals surface area contributed by atoms with Gasteiger partial charge in [-0.25, -0.2) is 0 Å².